The van der Waals surface area contributed by atoms with Crippen LogP contribution in [-0.4, -0.2) is 6.04 Å². The highest BCUT2D eigenvalue weighted by Gasteiger charge is 2.07. The summed E-state index contributed by atoms with van der Waals surface area (Å²) in [5.41, 5.74) is 1.33. The van der Waals surface area contributed by atoms with Crippen LogP contribution in [0.1, 0.15) is 32.4 Å². The van der Waals surface area contributed by atoms with Crippen molar-refractivity contribution in [1.29, 1.82) is 0 Å². The summed E-state index contributed by atoms with van der Waals surface area (Å²) in [5, 5.41) is 3.56. The molecule has 2 nitrogen and oxygen atoms in total. The number of nitrogens with zero attached hydrogens (tertiary/aromatic N) is 1. The van der Waals surface area contributed by atoms with Crippen LogP contribution < -0.4 is 9.88 Å². The minimum atomic E-state index is 0.648. The molecule has 1 N–H and O–H groups in total. The van der Waals surface area contributed by atoms with Crippen LogP contribution in [0.4, 0.5) is 0 Å². The molecule has 0 unspecified atom stereocenters. The van der Waals surface area contributed by atoms with E-state index >= 15 is 0 Å². The molecule has 0 bridgehead atoms. The topological polar surface area (TPSA) is 15.9 Å². The van der Waals surface area contributed by atoms with Crippen LogP contribution in [0.5, 0.6) is 0 Å². The Hall–Kier alpha value is -0.890. The van der Waals surface area contributed by atoms with E-state index in [1.807, 2.05) is 0 Å². The number of rotatable bonds is 5. The molecule has 0 aliphatic carbocycles. The molecule has 0 fully saturated rings. The molecule has 0 aliphatic heterocycles. The van der Waals surface area contributed by atoms with Gasteiger partial charge in [-0.2, -0.15) is 0 Å². The van der Waals surface area contributed by atoms with Crippen molar-refractivity contribution in [3.05, 3.63) is 30.1 Å². The first-order valence-corrected chi connectivity index (χ1v) is 5.44. The van der Waals surface area contributed by atoms with Crippen LogP contribution in [0.2, 0.25) is 0 Å². The second-order valence-electron chi connectivity index (χ2n) is 3.70. The molecule has 0 spiro atoms. The van der Waals surface area contributed by atoms with Gasteiger partial charge in [0, 0.05) is 18.2 Å². The van der Waals surface area contributed by atoms with Gasteiger partial charge in [-0.15, -0.1) is 0 Å². The summed E-state index contributed by atoms with van der Waals surface area (Å²) in [6, 6.07) is 6.95. The van der Waals surface area contributed by atoms with Crippen molar-refractivity contribution in [2.75, 3.05) is 0 Å². The third kappa shape index (κ3) is 3.11. The molecule has 14 heavy (non-hydrogen) atoms. The first kappa shape index (κ1) is 11.2. The van der Waals surface area contributed by atoms with Crippen LogP contribution in [-0.2, 0) is 13.6 Å². The lowest BCUT2D eigenvalue weighted by molar-refractivity contribution is -0.679. The second kappa shape index (κ2) is 5.76. The maximum atomic E-state index is 3.56. The van der Waals surface area contributed by atoms with E-state index in [0.717, 1.165) is 6.54 Å². The molecule has 0 saturated carbocycles. The van der Waals surface area contributed by atoms with Gasteiger partial charge in [0.2, 0.25) is 0 Å². The van der Waals surface area contributed by atoms with Gasteiger partial charge in [0.1, 0.15) is 7.05 Å². The zero-order valence-corrected chi connectivity index (χ0v) is 9.46. The molecular weight excluding hydrogens is 172 g/mol. The number of pyridine rings is 1. The van der Waals surface area contributed by atoms with E-state index in [1.54, 1.807) is 0 Å². The van der Waals surface area contributed by atoms with Gasteiger partial charge in [0.05, 0.1) is 6.54 Å². The summed E-state index contributed by atoms with van der Waals surface area (Å²) in [7, 11) is 2.09. The number of aromatic nitrogens is 1. The van der Waals surface area contributed by atoms with Gasteiger partial charge in [-0.05, 0) is 12.8 Å². The van der Waals surface area contributed by atoms with Crippen molar-refractivity contribution in [2.45, 2.75) is 39.3 Å². The summed E-state index contributed by atoms with van der Waals surface area (Å²) < 4.78 is 2.16. The van der Waals surface area contributed by atoms with Crippen molar-refractivity contribution in [2.24, 2.45) is 7.05 Å². The first-order valence-electron chi connectivity index (χ1n) is 5.44. The van der Waals surface area contributed by atoms with E-state index in [9.17, 15) is 0 Å². The van der Waals surface area contributed by atoms with Crippen molar-refractivity contribution in [3.63, 3.8) is 0 Å². The predicted octanol–water partition coefficient (Wildman–Crippen LogP) is 1.79. The molecular formula is C12H21N2+. The molecule has 78 valence electrons. The predicted molar refractivity (Wildman–Crippen MR) is 58.8 cm³/mol. The van der Waals surface area contributed by atoms with Crippen molar-refractivity contribution in [3.8, 4) is 0 Å². The molecule has 1 aromatic heterocycles. The highest BCUT2D eigenvalue weighted by molar-refractivity contribution is 4.96. The van der Waals surface area contributed by atoms with Crippen molar-refractivity contribution in [1.82, 2.24) is 5.32 Å². The van der Waals surface area contributed by atoms with E-state index in [-0.39, 0.29) is 0 Å². The molecule has 0 atom stereocenters. The van der Waals surface area contributed by atoms with Gasteiger partial charge in [0.15, 0.2) is 11.9 Å². The minimum Gasteiger partial charge on any atom is -0.305 e. The zero-order valence-electron chi connectivity index (χ0n) is 9.46. The minimum absolute atomic E-state index is 0.648. The van der Waals surface area contributed by atoms with Crippen LogP contribution in [0, 0.1) is 0 Å². The van der Waals surface area contributed by atoms with Gasteiger partial charge in [-0.3, -0.25) is 0 Å². The van der Waals surface area contributed by atoms with Gasteiger partial charge in [-0.1, -0.05) is 19.9 Å². The Morgan fingerprint density at radius 3 is 2.57 bits per heavy atom. The van der Waals surface area contributed by atoms with Crippen molar-refractivity contribution >= 4 is 0 Å². The monoisotopic (exact) mass is 193 g/mol. The van der Waals surface area contributed by atoms with Crippen molar-refractivity contribution < 1.29 is 4.57 Å². The average Bonchev–Trinajstić information content (AvgIpc) is 2.22. The molecule has 0 aromatic carbocycles. The van der Waals surface area contributed by atoms with E-state index in [2.05, 4.69) is 55.2 Å². The van der Waals surface area contributed by atoms with E-state index < -0.39 is 0 Å². The lowest BCUT2D eigenvalue weighted by atomic mass is 10.1. The fourth-order valence-electron chi connectivity index (χ4n) is 1.57. The maximum absolute atomic E-state index is 3.56. The van der Waals surface area contributed by atoms with Gasteiger partial charge in [-0.25, -0.2) is 4.57 Å². The van der Waals surface area contributed by atoms with Crippen LogP contribution in [0.3, 0.4) is 0 Å². The summed E-state index contributed by atoms with van der Waals surface area (Å²) in [5.74, 6) is 0. The lowest BCUT2D eigenvalue weighted by Gasteiger charge is -2.13. The fraction of sp³-hybridized carbons (Fsp3) is 0.583. The summed E-state index contributed by atoms with van der Waals surface area (Å²) in [6.45, 7) is 5.42. The Kier molecular flexibility index (Phi) is 4.60. The quantitative estimate of drug-likeness (QED) is 0.705. The Morgan fingerprint density at radius 2 is 2.00 bits per heavy atom. The van der Waals surface area contributed by atoms with E-state index in [4.69, 9.17) is 0 Å². The number of aryl methyl sites for hydroxylation is 1. The fourth-order valence-corrected chi connectivity index (χ4v) is 1.57. The van der Waals surface area contributed by atoms with Crippen LogP contribution in [0.25, 0.3) is 0 Å². The normalized spacial score (nSPS) is 10.9. The number of hydrogen-bond acceptors (Lipinski definition) is 1. The Morgan fingerprint density at radius 1 is 1.29 bits per heavy atom. The van der Waals surface area contributed by atoms with Crippen LogP contribution >= 0.6 is 0 Å². The summed E-state index contributed by atoms with van der Waals surface area (Å²) >= 11 is 0. The largest absolute Gasteiger partial charge is 0.305 e. The van der Waals surface area contributed by atoms with Gasteiger partial charge in [0.25, 0.3) is 0 Å². The molecule has 1 heterocycles. The highest BCUT2D eigenvalue weighted by Crippen LogP contribution is 1.98. The number of hydrogen-bond donors (Lipinski definition) is 1. The average molecular weight is 193 g/mol. The SMILES string of the molecule is CCC(CC)NCc1cccc[n+]1C. The molecule has 0 saturated heterocycles. The molecule has 1 rings (SSSR count). The lowest BCUT2D eigenvalue weighted by Crippen LogP contribution is -2.37. The first-order chi connectivity index (χ1) is 6.77. The summed E-state index contributed by atoms with van der Waals surface area (Å²) in [6.07, 6.45) is 4.49. The van der Waals surface area contributed by atoms with Crippen LogP contribution in [0.15, 0.2) is 24.4 Å². The maximum Gasteiger partial charge on any atom is 0.195 e. The molecule has 1 aromatic rings. The smallest absolute Gasteiger partial charge is 0.195 e. The molecule has 2 heteroatoms. The zero-order chi connectivity index (χ0) is 10.4. The third-order valence-corrected chi connectivity index (χ3v) is 2.72. The van der Waals surface area contributed by atoms with E-state index in [0.29, 0.717) is 6.04 Å². The second-order valence-corrected chi connectivity index (χ2v) is 3.70. The van der Waals surface area contributed by atoms with Gasteiger partial charge >= 0.3 is 0 Å². The Labute approximate surface area is 87.0 Å². The molecule has 0 aliphatic rings. The third-order valence-electron chi connectivity index (χ3n) is 2.72. The highest BCUT2D eigenvalue weighted by atomic mass is 15.0. The van der Waals surface area contributed by atoms with Gasteiger partial charge < -0.3 is 5.32 Å². The molecule has 0 amide bonds. The number of nitrogens with one attached hydrogen (secondary N) is 1. The Bertz CT molecular complexity index is 267. The molecule has 0 radical (unpaired) electrons. The standard InChI is InChI=1S/C12H21N2/c1-4-11(5-2)13-10-12-8-6-7-9-14(12)3/h6-9,11,13H,4-5,10H2,1-3H3/q+1. The summed E-state index contributed by atoms with van der Waals surface area (Å²) in [4.78, 5) is 0. The van der Waals surface area contributed by atoms with E-state index in [1.165, 1.54) is 18.5 Å². The Balaban J connectivity index is 2.49.